The van der Waals surface area contributed by atoms with E-state index in [0.29, 0.717) is 6.54 Å². The number of hydrogen-bond acceptors (Lipinski definition) is 4. The molecule has 6 nitrogen and oxygen atoms in total. The van der Waals surface area contributed by atoms with Crippen LogP contribution < -0.4 is 16.4 Å². The number of nitrogens with zero attached hydrogens (tertiary/aromatic N) is 3. The van der Waals surface area contributed by atoms with Gasteiger partial charge in [0, 0.05) is 19.3 Å². The van der Waals surface area contributed by atoms with Gasteiger partial charge >= 0.3 is 0 Å². The zero-order valence-corrected chi connectivity index (χ0v) is 11.0. The van der Waals surface area contributed by atoms with Crippen LogP contribution in [0.5, 0.6) is 0 Å². The second-order valence-corrected chi connectivity index (χ2v) is 3.51. The van der Waals surface area contributed by atoms with Crippen LogP contribution in [0.1, 0.15) is 5.56 Å². The van der Waals surface area contributed by atoms with E-state index in [2.05, 4.69) is 10.2 Å². The number of aliphatic hydroxyl groups excluding tert-OH is 1. The lowest BCUT2D eigenvalue weighted by Crippen LogP contribution is -2.21. The second-order valence-electron chi connectivity index (χ2n) is 3.51. The number of aliphatic hydroxyl groups is 1. The fraction of sp³-hybridized carbons (Fsp3) is 0.273. The molecule has 0 radical (unpaired) electrons. The van der Waals surface area contributed by atoms with E-state index in [4.69, 9.17) is 16.6 Å². The van der Waals surface area contributed by atoms with Crippen LogP contribution in [0.15, 0.2) is 34.5 Å². The van der Waals surface area contributed by atoms with Crippen LogP contribution in [0.3, 0.4) is 0 Å². The van der Waals surface area contributed by atoms with Crippen LogP contribution in [-0.2, 0) is 0 Å². The van der Waals surface area contributed by atoms with Crippen LogP contribution in [0.25, 0.3) is 0 Å². The minimum absolute atomic E-state index is 0. The highest BCUT2D eigenvalue weighted by Crippen LogP contribution is 2.12. The molecule has 0 unspecified atom stereocenters. The van der Waals surface area contributed by atoms with Gasteiger partial charge in [-0.25, -0.2) is 0 Å². The minimum Gasteiger partial charge on any atom is -0.395 e. The zero-order valence-electron chi connectivity index (χ0n) is 10.2. The number of benzene rings is 1. The first-order chi connectivity index (χ1) is 8.13. The molecule has 0 aliphatic carbocycles. The van der Waals surface area contributed by atoms with Gasteiger partial charge in [0.25, 0.3) is 0 Å². The molecule has 100 valence electrons. The highest BCUT2D eigenvalue weighted by atomic mass is 35.5. The number of hydrogen-bond donors (Lipinski definition) is 3. The normalized spacial score (nSPS) is 9.89. The van der Waals surface area contributed by atoms with Crippen molar-refractivity contribution in [3.63, 3.8) is 0 Å². The highest BCUT2D eigenvalue weighted by Gasteiger charge is 1.98. The Labute approximate surface area is 112 Å². The summed E-state index contributed by atoms with van der Waals surface area (Å²) in [5.74, 6) is -0.0689. The monoisotopic (exact) mass is 271 g/mol. The van der Waals surface area contributed by atoms with Crippen molar-refractivity contribution in [3.8, 4) is 0 Å². The van der Waals surface area contributed by atoms with Crippen LogP contribution in [0.2, 0.25) is 0 Å². The third-order valence-corrected chi connectivity index (χ3v) is 2.15. The Kier molecular flexibility index (Phi) is 7.50. The molecule has 0 aromatic heterocycles. The van der Waals surface area contributed by atoms with E-state index in [9.17, 15) is 0 Å². The molecule has 0 heterocycles. The molecular formula is C11H18ClN5O. The van der Waals surface area contributed by atoms with Gasteiger partial charge in [-0.15, -0.1) is 17.5 Å². The lowest BCUT2D eigenvalue weighted by Gasteiger charge is -2.17. The smallest absolute Gasteiger partial charge is 0.211 e. The Balaban J connectivity index is 0.00000289. The van der Waals surface area contributed by atoms with E-state index < -0.39 is 0 Å². The number of likely N-dealkylation sites (N-methyl/N-ethyl adjacent to an activating group) is 1. The van der Waals surface area contributed by atoms with Gasteiger partial charge < -0.3 is 21.5 Å². The van der Waals surface area contributed by atoms with Crippen molar-refractivity contribution in [2.75, 3.05) is 25.1 Å². The van der Waals surface area contributed by atoms with Crippen molar-refractivity contribution in [1.82, 2.24) is 0 Å². The first-order valence-corrected chi connectivity index (χ1v) is 5.17. The van der Waals surface area contributed by atoms with Crippen LogP contribution in [0, 0.1) is 0 Å². The summed E-state index contributed by atoms with van der Waals surface area (Å²) in [6.07, 6.45) is 1.57. The van der Waals surface area contributed by atoms with Crippen molar-refractivity contribution in [1.29, 1.82) is 0 Å². The molecular weight excluding hydrogens is 254 g/mol. The first-order valence-electron chi connectivity index (χ1n) is 5.17. The maximum absolute atomic E-state index is 8.82. The zero-order chi connectivity index (χ0) is 12.7. The van der Waals surface area contributed by atoms with E-state index in [-0.39, 0.29) is 25.0 Å². The van der Waals surface area contributed by atoms with Crippen molar-refractivity contribution in [3.05, 3.63) is 29.8 Å². The van der Waals surface area contributed by atoms with E-state index in [1.165, 1.54) is 0 Å². The van der Waals surface area contributed by atoms with Gasteiger partial charge in [-0.05, 0) is 17.7 Å². The van der Waals surface area contributed by atoms with E-state index in [0.717, 1.165) is 11.3 Å². The third-order valence-electron chi connectivity index (χ3n) is 2.15. The van der Waals surface area contributed by atoms with Gasteiger partial charge in [0.2, 0.25) is 5.96 Å². The molecule has 1 aromatic carbocycles. The molecule has 0 saturated heterocycles. The fourth-order valence-corrected chi connectivity index (χ4v) is 1.26. The Morgan fingerprint density at radius 3 is 2.44 bits per heavy atom. The molecule has 1 rings (SSSR count). The van der Waals surface area contributed by atoms with Crippen LogP contribution in [-0.4, -0.2) is 37.5 Å². The Morgan fingerprint density at radius 1 is 1.33 bits per heavy atom. The molecule has 7 heteroatoms. The van der Waals surface area contributed by atoms with Crippen molar-refractivity contribution >= 4 is 30.3 Å². The minimum atomic E-state index is -0.0689. The van der Waals surface area contributed by atoms with Crippen molar-refractivity contribution < 1.29 is 5.11 Å². The molecule has 0 bridgehead atoms. The summed E-state index contributed by atoms with van der Waals surface area (Å²) in [6, 6.07) is 7.67. The van der Waals surface area contributed by atoms with Crippen molar-refractivity contribution in [2.45, 2.75) is 0 Å². The molecule has 0 aliphatic heterocycles. The van der Waals surface area contributed by atoms with Crippen molar-refractivity contribution in [2.24, 2.45) is 21.7 Å². The number of guanidine groups is 1. The average Bonchev–Trinajstić information content (AvgIpc) is 2.30. The molecule has 0 spiro atoms. The molecule has 0 aliphatic rings. The molecule has 5 N–H and O–H groups in total. The van der Waals surface area contributed by atoms with E-state index >= 15 is 0 Å². The topological polar surface area (TPSA) is 100 Å². The second kappa shape index (κ2) is 8.32. The highest BCUT2D eigenvalue weighted by molar-refractivity contribution is 5.85. The summed E-state index contributed by atoms with van der Waals surface area (Å²) < 4.78 is 0. The fourth-order valence-electron chi connectivity index (χ4n) is 1.26. The molecule has 18 heavy (non-hydrogen) atoms. The molecule has 0 saturated carbocycles. The van der Waals surface area contributed by atoms with Gasteiger partial charge in [-0.1, -0.05) is 12.1 Å². The third kappa shape index (κ3) is 5.51. The Bertz CT molecular complexity index is 400. The lowest BCUT2D eigenvalue weighted by molar-refractivity contribution is 0.304. The molecule has 0 amide bonds. The Morgan fingerprint density at radius 2 is 1.94 bits per heavy atom. The maximum atomic E-state index is 8.82. The number of rotatable bonds is 5. The predicted molar refractivity (Wildman–Crippen MR) is 77.4 cm³/mol. The summed E-state index contributed by atoms with van der Waals surface area (Å²) in [4.78, 5) is 1.96. The van der Waals surface area contributed by atoms with Gasteiger partial charge in [0.05, 0.1) is 12.8 Å². The first kappa shape index (κ1) is 16.2. The number of halogens is 1. The quantitative estimate of drug-likeness (QED) is 0.403. The van der Waals surface area contributed by atoms with Gasteiger partial charge in [0.1, 0.15) is 0 Å². The predicted octanol–water partition coefficient (Wildman–Crippen LogP) is 0.144. The number of anilines is 1. The van der Waals surface area contributed by atoms with Crippen LogP contribution >= 0.6 is 12.4 Å². The van der Waals surface area contributed by atoms with Gasteiger partial charge in [-0.3, -0.25) is 0 Å². The molecule has 1 aromatic rings. The van der Waals surface area contributed by atoms with Gasteiger partial charge in [0.15, 0.2) is 0 Å². The van der Waals surface area contributed by atoms with E-state index in [1.807, 2.05) is 36.2 Å². The van der Waals surface area contributed by atoms with Crippen LogP contribution in [0.4, 0.5) is 5.69 Å². The maximum Gasteiger partial charge on any atom is 0.211 e. The summed E-state index contributed by atoms with van der Waals surface area (Å²) in [5, 5.41) is 16.0. The Hall–Kier alpha value is -1.79. The van der Waals surface area contributed by atoms with Gasteiger partial charge in [-0.2, -0.15) is 5.10 Å². The lowest BCUT2D eigenvalue weighted by atomic mass is 10.2. The largest absolute Gasteiger partial charge is 0.395 e. The molecule has 0 fully saturated rings. The summed E-state index contributed by atoms with van der Waals surface area (Å²) >= 11 is 0. The SMILES string of the molecule is CN(CCO)c1ccc(/C=N/N=C(N)N)cc1.Cl. The summed E-state index contributed by atoms with van der Waals surface area (Å²) in [6.45, 7) is 0.728. The average molecular weight is 272 g/mol. The van der Waals surface area contributed by atoms with E-state index in [1.54, 1.807) is 6.21 Å². The summed E-state index contributed by atoms with van der Waals surface area (Å²) in [5.41, 5.74) is 12.2. The standard InChI is InChI=1S/C11H17N5O.ClH/c1-16(6-7-17)10-4-2-9(3-5-10)8-14-15-11(12)13;/h2-5,8,17H,6-7H2,1H3,(H4,12,13,15);1H/b14-8+;. The summed E-state index contributed by atoms with van der Waals surface area (Å²) in [7, 11) is 1.92. The molecule has 0 atom stereocenters. The number of nitrogens with two attached hydrogens (primary N) is 2.